The SMILES string of the molecule is CSc1ccc(S(=O)(=O)N(CC(=O)NCCCN2CCCCC2)c2cccc(F)c2)cc1. The van der Waals surface area contributed by atoms with Crippen LogP contribution in [0.1, 0.15) is 25.7 Å². The summed E-state index contributed by atoms with van der Waals surface area (Å²) in [5, 5.41) is 2.81. The number of sulfonamides is 1. The largest absolute Gasteiger partial charge is 0.354 e. The number of anilines is 1. The van der Waals surface area contributed by atoms with Crippen molar-refractivity contribution in [2.75, 3.05) is 43.3 Å². The van der Waals surface area contributed by atoms with Crippen molar-refractivity contribution < 1.29 is 17.6 Å². The van der Waals surface area contributed by atoms with E-state index in [-0.39, 0.29) is 10.6 Å². The Labute approximate surface area is 194 Å². The second-order valence-corrected chi connectivity index (χ2v) is 10.5. The van der Waals surface area contributed by atoms with Gasteiger partial charge in [0.2, 0.25) is 5.91 Å². The van der Waals surface area contributed by atoms with Gasteiger partial charge in [-0.2, -0.15) is 0 Å². The zero-order valence-corrected chi connectivity index (χ0v) is 19.9. The lowest BCUT2D eigenvalue weighted by molar-refractivity contribution is -0.119. The third-order valence-corrected chi connectivity index (χ3v) is 7.98. The van der Waals surface area contributed by atoms with Crippen LogP contribution in [0.5, 0.6) is 0 Å². The summed E-state index contributed by atoms with van der Waals surface area (Å²) in [5.41, 5.74) is 0.113. The second-order valence-electron chi connectivity index (χ2n) is 7.77. The minimum Gasteiger partial charge on any atom is -0.354 e. The summed E-state index contributed by atoms with van der Waals surface area (Å²) in [5.74, 6) is -0.986. The molecule has 1 amide bonds. The predicted molar refractivity (Wildman–Crippen MR) is 127 cm³/mol. The maximum Gasteiger partial charge on any atom is 0.264 e. The van der Waals surface area contributed by atoms with Crippen LogP contribution < -0.4 is 9.62 Å². The van der Waals surface area contributed by atoms with Crippen LogP contribution in [-0.4, -0.2) is 58.2 Å². The lowest BCUT2D eigenvalue weighted by atomic mass is 10.1. The van der Waals surface area contributed by atoms with E-state index in [4.69, 9.17) is 0 Å². The quantitative estimate of drug-likeness (QED) is 0.415. The first kappa shape index (κ1) is 24.5. The third-order valence-electron chi connectivity index (χ3n) is 5.45. The van der Waals surface area contributed by atoms with E-state index in [0.29, 0.717) is 6.54 Å². The Morgan fingerprint density at radius 3 is 2.50 bits per heavy atom. The molecule has 1 saturated heterocycles. The highest BCUT2D eigenvalue weighted by atomic mass is 32.2. The molecule has 1 aliphatic heterocycles. The van der Waals surface area contributed by atoms with Crippen LogP contribution in [-0.2, 0) is 14.8 Å². The zero-order chi connectivity index (χ0) is 23.0. The molecule has 2 aromatic rings. The molecule has 1 heterocycles. The summed E-state index contributed by atoms with van der Waals surface area (Å²) in [4.78, 5) is 16.0. The number of nitrogens with zero attached hydrogens (tertiary/aromatic N) is 2. The summed E-state index contributed by atoms with van der Waals surface area (Å²) >= 11 is 1.50. The van der Waals surface area contributed by atoms with Gasteiger partial charge >= 0.3 is 0 Å². The molecule has 0 atom stereocenters. The Kier molecular flexibility index (Phi) is 8.95. The van der Waals surface area contributed by atoms with Crippen LogP contribution in [0.3, 0.4) is 0 Å². The number of nitrogens with one attached hydrogen (secondary N) is 1. The smallest absolute Gasteiger partial charge is 0.264 e. The Bertz CT molecular complexity index is 994. The lowest BCUT2D eigenvalue weighted by Crippen LogP contribution is -2.41. The summed E-state index contributed by atoms with van der Waals surface area (Å²) in [7, 11) is -4.05. The van der Waals surface area contributed by atoms with E-state index < -0.39 is 28.3 Å². The standard InChI is InChI=1S/C23H30FN3O3S2/c1-31-21-9-11-22(12-10-21)32(29,30)27(20-8-5-7-19(24)17-20)18-23(28)25-13-6-16-26-14-3-2-4-15-26/h5,7-12,17H,2-4,6,13-16,18H2,1H3,(H,25,28). The van der Waals surface area contributed by atoms with Gasteiger partial charge in [-0.15, -0.1) is 11.8 Å². The average molecular weight is 480 g/mol. The first-order chi connectivity index (χ1) is 15.4. The molecule has 2 aromatic carbocycles. The van der Waals surface area contributed by atoms with Gasteiger partial charge in [-0.25, -0.2) is 12.8 Å². The van der Waals surface area contributed by atoms with Crippen molar-refractivity contribution in [3.8, 4) is 0 Å². The van der Waals surface area contributed by atoms with Gasteiger partial charge in [0.1, 0.15) is 12.4 Å². The first-order valence-electron chi connectivity index (χ1n) is 10.8. The van der Waals surface area contributed by atoms with Crippen molar-refractivity contribution in [3.05, 3.63) is 54.3 Å². The molecule has 0 bridgehead atoms. The molecular weight excluding hydrogens is 449 g/mol. The van der Waals surface area contributed by atoms with Crippen molar-refractivity contribution in [2.45, 2.75) is 35.5 Å². The fraction of sp³-hybridized carbons (Fsp3) is 0.435. The van der Waals surface area contributed by atoms with E-state index in [2.05, 4.69) is 10.2 Å². The molecule has 174 valence electrons. The van der Waals surface area contributed by atoms with E-state index in [0.717, 1.165) is 41.3 Å². The van der Waals surface area contributed by atoms with E-state index in [1.807, 2.05) is 6.26 Å². The van der Waals surface area contributed by atoms with Gasteiger partial charge in [0.05, 0.1) is 10.6 Å². The molecule has 6 nitrogen and oxygen atoms in total. The van der Waals surface area contributed by atoms with E-state index >= 15 is 0 Å². The van der Waals surface area contributed by atoms with E-state index in [9.17, 15) is 17.6 Å². The number of rotatable bonds is 10. The molecule has 3 rings (SSSR count). The number of carbonyl (C=O) groups excluding carboxylic acids is 1. The molecule has 9 heteroatoms. The fourth-order valence-electron chi connectivity index (χ4n) is 3.72. The zero-order valence-electron chi connectivity index (χ0n) is 18.3. The maximum atomic E-state index is 13.9. The molecule has 32 heavy (non-hydrogen) atoms. The number of thioether (sulfide) groups is 1. The number of benzene rings is 2. The minimum absolute atomic E-state index is 0.0532. The number of hydrogen-bond acceptors (Lipinski definition) is 5. The Balaban J connectivity index is 1.69. The number of piperidine rings is 1. The van der Waals surface area contributed by atoms with Gasteiger partial charge in [-0.1, -0.05) is 12.5 Å². The molecule has 0 spiro atoms. The molecule has 0 saturated carbocycles. The van der Waals surface area contributed by atoms with Crippen LogP contribution in [0.15, 0.2) is 58.3 Å². The van der Waals surface area contributed by atoms with Gasteiger partial charge in [-0.05, 0) is 87.6 Å². The lowest BCUT2D eigenvalue weighted by Gasteiger charge is -2.26. The number of halogens is 1. The van der Waals surface area contributed by atoms with Crippen LogP contribution in [0.2, 0.25) is 0 Å². The van der Waals surface area contributed by atoms with Gasteiger partial charge in [0, 0.05) is 11.4 Å². The monoisotopic (exact) mass is 479 g/mol. The van der Waals surface area contributed by atoms with Gasteiger partial charge in [0.25, 0.3) is 10.0 Å². The Morgan fingerprint density at radius 1 is 1.12 bits per heavy atom. The van der Waals surface area contributed by atoms with Crippen molar-refractivity contribution in [1.82, 2.24) is 10.2 Å². The first-order valence-corrected chi connectivity index (χ1v) is 13.5. The molecule has 0 radical (unpaired) electrons. The molecule has 0 aliphatic carbocycles. The van der Waals surface area contributed by atoms with Crippen molar-refractivity contribution in [1.29, 1.82) is 0 Å². The molecule has 0 aromatic heterocycles. The second kappa shape index (κ2) is 11.7. The highest BCUT2D eigenvalue weighted by molar-refractivity contribution is 7.98. The number of hydrogen-bond donors (Lipinski definition) is 1. The van der Waals surface area contributed by atoms with Crippen LogP contribution in [0, 0.1) is 5.82 Å². The van der Waals surface area contributed by atoms with Crippen LogP contribution in [0.25, 0.3) is 0 Å². The summed E-state index contributed by atoms with van der Waals surface area (Å²) in [6, 6.07) is 11.7. The molecule has 1 N–H and O–H groups in total. The number of carbonyl (C=O) groups is 1. The van der Waals surface area contributed by atoms with E-state index in [1.54, 1.807) is 12.1 Å². The third kappa shape index (κ3) is 6.70. The van der Waals surface area contributed by atoms with Gasteiger partial charge in [0.15, 0.2) is 0 Å². The number of likely N-dealkylation sites (tertiary alicyclic amines) is 1. The van der Waals surface area contributed by atoms with Crippen molar-refractivity contribution in [2.24, 2.45) is 0 Å². The minimum atomic E-state index is -4.05. The van der Waals surface area contributed by atoms with Gasteiger partial charge in [-0.3, -0.25) is 9.10 Å². The summed E-state index contributed by atoms with van der Waals surface area (Å²) in [6.45, 7) is 3.15. The van der Waals surface area contributed by atoms with Crippen LogP contribution in [0.4, 0.5) is 10.1 Å². The van der Waals surface area contributed by atoms with Gasteiger partial charge < -0.3 is 10.2 Å². The molecule has 1 aliphatic rings. The fourth-order valence-corrected chi connectivity index (χ4v) is 5.54. The molecule has 1 fully saturated rings. The van der Waals surface area contributed by atoms with E-state index in [1.165, 1.54) is 61.4 Å². The molecule has 0 unspecified atom stereocenters. The topological polar surface area (TPSA) is 69.7 Å². The highest BCUT2D eigenvalue weighted by Gasteiger charge is 2.27. The Morgan fingerprint density at radius 2 is 1.84 bits per heavy atom. The predicted octanol–water partition coefficient (Wildman–Crippen LogP) is 3.74. The average Bonchev–Trinajstić information content (AvgIpc) is 2.81. The van der Waals surface area contributed by atoms with Crippen LogP contribution >= 0.6 is 11.8 Å². The Hall–Kier alpha value is -2.10. The maximum absolute atomic E-state index is 13.9. The summed E-state index contributed by atoms with van der Waals surface area (Å²) < 4.78 is 41.5. The van der Waals surface area contributed by atoms with Crippen molar-refractivity contribution in [3.63, 3.8) is 0 Å². The number of amides is 1. The summed E-state index contributed by atoms with van der Waals surface area (Å²) in [6.07, 6.45) is 6.40. The highest BCUT2D eigenvalue weighted by Crippen LogP contribution is 2.26. The molecular formula is C23H30FN3O3S2. The normalized spacial score (nSPS) is 14.8. The van der Waals surface area contributed by atoms with Crippen molar-refractivity contribution >= 4 is 33.4 Å².